The van der Waals surface area contributed by atoms with Gasteiger partial charge in [-0.05, 0) is 12.8 Å². The van der Waals surface area contributed by atoms with Crippen LogP contribution in [0.5, 0.6) is 0 Å². The molecule has 0 spiro atoms. The fourth-order valence-electron chi connectivity index (χ4n) is 1.33. The van der Waals surface area contributed by atoms with E-state index in [0.717, 1.165) is 20.0 Å². The van der Waals surface area contributed by atoms with Crippen LogP contribution in [0.1, 0.15) is 19.3 Å². The van der Waals surface area contributed by atoms with Gasteiger partial charge in [-0.2, -0.15) is 0 Å². The molecule has 0 radical (unpaired) electrons. The normalized spacial score (nSPS) is 14.8. The first-order valence-corrected chi connectivity index (χ1v) is 6.05. The van der Waals surface area contributed by atoms with E-state index < -0.39 is 30.4 Å². The highest BCUT2D eigenvalue weighted by Crippen LogP contribution is 2.18. The lowest BCUT2D eigenvalue weighted by Gasteiger charge is -2.14. The topological polar surface area (TPSA) is 134 Å². The van der Waals surface area contributed by atoms with Gasteiger partial charge < -0.3 is 25.8 Å². The SMILES string of the molecule is COC(=O)C[C@H](NC(=O)NCC(=O)NC1CC1)C(=O)O. The molecule has 9 nitrogen and oxygen atoms in total. The molecule has 0 bridgehead atoms. The number of hydrogen-bond acceptors (Lipinski definition) is 5. The maximum absolute atomic E-state index is 11.4. The maximum Gasteiger partial charge on any atom is 0.326 e. The van der Waals surface area contributed by atoms with Crippen molar-refractivity contribution in [3.63, 3.8) is 0 Å². The van der Waals surface area contributed by atoms with E-state index in [-0.39, 0.29) is 18.5 Å². The van der Waals surface area contributed by atoms with Crippen LogP contribution in [0, 0.1) is 0 Å². The minimum atomic E-state index is -1.41. The largest absolute Gasteiger partial charge is 0.480 e. The summed E-state index contributed by atoms with van der Waals surface area (Å²) >= 11 is 0. The minimum absolute atomic E-state index is 0.179. The molecule has 1 atom stereocenters. The van der Waals surface area contributed by atoms with Gasteiger partial charge in [-0.15, -0.1) is 0 Å². The summed E-state index contributed by atoms with van der Waals surface area (Å²) in [5.74, 6) is -2.47. The van der Waals surface area contributed by atoms with Gasteiger partial charge in [-0.3, -0.25) is 9.59 Å². The molecule has 1 aliphatic rings. The second kappa shape index (κ2) is 7.31. The van der Waals surface area contributed by atoms with Gasteiger partial charge in [0.15, 0.2) is 0 Å². The molecular formula is C11H17N3O6. The fraction of sp³-hybridized carbons (Fsp3) is 0.636. The molecule has 1 aliphatic carbocycles. The number of carboxylic acids is 1. The lowest BCUT2D eigenvalue weighted by molar-refractivity contribution is -0.147. The van der Waals surface area contributed by atoms with Gasteiger partial charge in [-0.1, -0.05) is 0 Å². The summed E-state index contributed by atoms with van der Waals surface area (Å²) in [7, 11) is 1.11. The average molecular weight is 287 g/mol. The number of nitrogens with one attached hydrogen (secondary N) is 3. The van der Waals surface area contributed by atoms with Crippen molar-refractivity contribution >= 4 is 23.9 Å². The number of ether oxygens (including phenoxy) is 1. The molecule has 3 amide bonds. The van der Waals surface area contributed by atoms with Crippen molar-refractivity contribution in [1.29, 1.82) is 0 Å². The lowest BCUT2D eigenvalue weighted by Crippen LogP contribution is -2.49. The van der Waals surface area contributed by atoms with Gasteiger partial charge in [0.25, 0.3) is 0 Å². The number of rotatable bonds is 7. The second-order valence-electron chi connectivity index (χ2n) is 4.34. The summed E-state index contributed by atoms with van der Waals surface area (Å²) in [6.45, 7) is -0.257. The van der Waals surface area contributed by atoms with Crippen LogP contribution in [-0.4, -0.2) is 54.7 Å². The number of amides is 3. The summed E-state index contributed by atoms with van der Waals surface area (Å²) in [6, 6.07) is -2.07. The van der Waals surface area contributed by atoms with Gasteiger partial charge in [0, 0.05) is 6.04 Å². The van der Waals surface area contributed by atoms with Gasteiger partial charge in [0.1, 0.15) is 6.04 Å². The number of hydrogen-bond donors (Lipinski definition) is 4. The quantitative estimate of drug-likeness (QED) is 0.425. The van der Waals surface area contributed by atoms with E-state index in [2.05, 4.69) is 20.7 Å². The van der Waals surface area contributed by atoms with Crippen molar-refractivity contribution in [1.82, 2.24) is 16.0 Å². The van der Waals surface area contributed by atoms with Gasteiger partial charge in [0.05, 0.1) is 20.1 Å². The minimum Gasteiger partial charge on any atom is -0.480 e. The molecule has 0 aromatic carbocycles. The number of carbonyl (C=O) groups excluding carboxylic acids is 3. The molecule has 9 heteroatoms. The third-order valence-electron chi connectivity index (χ3n) is 2.55. The number of esters is 1. The highest BCUT2D eigenvalue weighted by atomic mass is 16.5. The third kappa shape index (κ3) is 6.03. The standard InChI is InChI=1S/C11H17N3O6/c1-20-9(16)4-7(10(17)18)14-11(19)12-5-8(15)13-6-2-3-6/h6-7H,2-5H2,1H3,(H,13,15)(H,17,18)(H2,12,14,19)/t7-/m0/s1. The number of urea groups is 1. The molecule has 0 aromatic rings. The van der Waals surface area contributed by atoms with Crippen LogP contribution in [0.15, 0.2) is 0 Å². The van der Waals surface area contributed by atoms with Crippen LogP contribution in [0.2, 0.25) is 0 Å². The van der Waals surface area contributed by atoms with Crippen molar-refractivity contribution in [3.05, 3.63) is 0 Å². The molecule has 20 heavy (non-hydrogen) atoms. The van der Waals surface area contributed by atoms with E-state index in [1.54, 1.807) is 0 Å². The van der Waals surface area contributed by atoms with Crippen LogP contribution in [0.4, 0.5) is 4.79 Å². The smallest absolute Gasteiger partial charge is 0.326 e. The van der Waals surface area contributed by atoms with E-state index in [1.165, 1.54) is 0 Å². The van der Waals surface area contributed by atoms with Gasteiger partial charge >= 0.3 is 18.0 Å². The molecular weight excluding hydrogens is 270 g/mol. The summed E-state index contributed by atoms with van der Waals surface area (Å²) in [5.41, 5.74) is 0. The number of methoxy groups -OCH3 is 1. The highest BCUT2D eigenvalue weighted by Gasteiger charge is 2.25. The molecule has 0 unspecified atom stereocenters. The second-order valence-corrected chi connectivity index (χ2v) is 4.34. The summed E-state index contributed by atoms with van der Waals surface area (Å²) in [6.07, 6.45) is 1.36. The molecule has 0 heterocycles. The number of carboxylic acid groups (broad SMARTS) is 1. The van der Waals surface area contributed by atoms with Gasteiger partial charge in [-0.25, -0.2) is 9.59 Å². The first-order chi connectivity index (χ1) is 9.42. The molecule has 0 saturated heterocycles. The van der Waals surface area contributed by atoms with Crippen LogP contribution in [0.3, 0.4) is 0 Å². The number of carbonyl (C=O) groups is 4. The molecule has 1 fully saturated rings. The van der Waals surface area contributed by atoms with Gasteiger partial charge in [0.2, 0.25) is 5.91 Å². The van der Waals surface area contributed by atoms with E-state index in [1.807, 2.05) is 0 Å². The van der Waals surface area contributed by atoms with E-state index in [0.29, 0.717) is 0 Å². The Hall–Kier alpha value is -2.32. The van der Waals surface area contributed by atoms with Crippen molar-refractivity contribution < 1.29 is 29.0 Å². The average Bonchev–Trinajstić information content (AvgIpc) is 3.19. The molecule has 112 valence electrons. The number of aliphatic carboxylic acids is 1. The first-order valence-electron chi connectivity index (χ1n) is 6.05. The summed E-state index contributed by atoms with van der Waals surface area (Å²) in [4.78, 5) is 44.5. The predicted octanol–water partition coefficient (Wildman–Crippen LogP) is -1.42. The van der Waals surface area contributed by atoms with E-state index in [9.17, 15) is 19.2 Å². The van der Waals surface area contributed by atoms with Crippen LogP contribution < -0.4 is 16.0 Å². The van der Waals surface area contributed by atoms with Crippen LogP contribution >= 0.6 is 0 Å². The zero-order chi connectivity index (χ0) is 15.1. The zero-order valence-corrected chi connectivity index (χ0v) is 11.0. The lowest BCUT2D eigenvalue weighted by atomic mass is 10.2. The fourth-order valence-corrected chi connectivity index (χ4v) is 1.33. The molecule has 0 aromatic heterocycles. The Morgan fingerprint density at radius 3 is 2.45 bits per heavy atom. The Kier molecular flexibility index (Phi) is 5.75. The third-order valence-corrected chi connectivity index (χ3v) is 2.55. The van der Waals surface area contributed by atoms with Crippen LogP contribution in [-0.2, 0) is 19.1 Å². The Bertz CT molecular complexity index is 407. The van der Waals surface area contributed by atoms with Crippen LogP contribution in [0.25, 0.3) is 0 Å². The van der Waals surface area contributed by atoms with Crippen molar-refractivity contribution in [3.8, 4) is 0 Å². The summed E-state index contributed by atoms with van der Waals surface area (Å²) < 4.78 is 4.32. The molecule has 1 saturated carbocycles. The summed E-state index contributed by atoms with van der Waals surface area (Å²) in [5, 5.41) is 15.8. The Labute approximate surface area is 115 Å². The molecule has 0 aliphatic heterocycles. The Balaban J connectivity index is 2.31. The van der Waals surface area contributed by atoms with Crippen molar-refractivity contribution in [2.75, 3.05) is 13.7 Å². The zero-order valence-electron chi connectivity index (χ0n) is 11.0. The van der Waals surface area contributed by atoms with E-state index in [4.69, 9.17) is 5.11 Å². The first kappa shape index (κ1) is 15.7. The van der Waals surface area contributed by atoms with Crippen molar-refractivity contribution in [2.45, 2.75) is 31.3 Å². The maximum atomic E-state index is 11.4. The van der Waals surface area contributed by atoms with Crippen molar-refractivity contribution in [2.24, 2.45) is 0 Å². The molecule has 4 N–H and O–H groups in total. The van der Waals surface area contributed by atoms with E-state index >= 15 is 0 Å². The predicted molar refractivity (Wildman–Crippen MR) is 65.8 cm³/mol. The monoisotopic (exact) mass is 287 g/mol. The molecule has 1 rings (SSSR count). The Morgan fingerprint density at radius 1 is 1.30 bits per heavy atom. The Morgan fingerprint density at radius 2 is 1.95 bits per heavy atom. The highest BCUT2D eigenvalue weighted by molar-refractivity contribution is 5.88.